The first-order valence-corrected chi connectivity index (χ1v) is 12.8. The second-order valence-electron chi connectivity index (χ2n) is 8.33. The van der Waals surface area contributed by atoms with E-state index in [1.54, 1.807) is 25.1 Å². The third-order valence-electron chi connectivity index (χ3n) is 5.52. The van der Waals surface area contributed by atoms with E-state index in [0.29, 0.717) is 22.5 Å². The Kier molecular flexibility index (Phi) is 8.86. The van der Waals surface area contributed by atoms with E-state index in [-0.39, 0.29) is 29.6 Å². The molecule has 13 heteroatoms. The van der Waals surface area contributed by atoms with E-state index in [9.17, 15) is 29.6 Å². The predicted octanol–water partition coefficient (Wildman–Crippen LogP) is 4.34. The van der Waals surface area contributed by atoms with Crippen LogP contribution < -0.4 is 10.2 Å². The number of phenols is 1. The molecule has 1 atom stereocenters. The van der Waals surface area contributed by atoms with Crippen LogP contribution in [-0.2, 0) is 14.3 Å². The minimum atomic E-state index is -0.820. The average Bonchev–Trinajstić information content (AvgIpc) is 3.24. The van der Waals surface area contributed by atoms with Crippen LogP contribution >= 0.6 is 11.8 Å². The maximum atomic E-state index is 13.3. The Morgan fingerprint density at radius 3 is 2.55 bits per heavy atom. The first-order valence-electron chi connectivity index (χ1n) is 12.0. The standard InChI is InChI=1S/C27H23N5O7S/c1-2-39-26(36)18-6-8-19(9-7-18)29-24(34)15-23-25(35)31(20-10-12-22(33)13-11-20)27(40-23)30-28-16-17-4-3-5-21(14-17)32(37)38/h3-14,16,23,33H,2,15H2,1H3,(H,29,34)/b28-16+,30-27+. The number of aromatic hydroxyl groups is 1. The number of rotatable bonds is 9. The summed E-state index contributed by atoms with van der Waals surface area (Å²) >= 11 is 1.04. The van der Waals surface area contributed by atoms with Crippen LogP contribution in [0.5, 0.6) is 5.75 Å². The normalized spacial score (nSPS) is 15.9. The molecule has 0 saturated carbocycles. The number of anilines is 2. The zero-order chi connectivity index (χ0) is 28.6. The van der Waals surface area contributed by atoms with E-state index in [2.05, 4.69) is 15.5 Å². The zero-order valence-electron chi connectivity index (χ0n) is 21.1. The highest BCUT2D eigenvalue weighted by Crippen LogP contribution is 2.34. The first kappa shape index (κ1) is 28.0. The fourth-order valence-electron chi connectivity index (χ4n) is 3.65. The molecule has 4 rings (SSSR count). The van der Waals surface area contributed by atoms with Crippen molar-refractivity contribution in [2.75, 3.05) is 16.8 Å². The van der Waals surface area contributed by atoms with Crippen LogP contribution in [0.25, 0.3) is 0 Å². The van der Waals surface area contributed by atoms with E-state index in [4.69, 9.17) is 4.74 Å². The van der Waals surface area contributed by atoms with Gasteiger partial charge in [0.2, 0.25) is 11.8 Å². The monoisotopic (exact) mass is 561 g/mol. The van der Waals surface area contributed by atoms with Crippen molar-refractivity contribution in [2.45, 2.75) is 18.6 Å². The lowest BCUT2D eigenvalue weighted by Crippen LogP contribution is -2.33. The summed E-state index contributed by atoms with van der Waals surface area (Å²) < 4.78 is 4.95. The van der Waals surface area contributed by atoms with Crippen molar-refractivity contribution in [3.63, 3.8) is 0 Å². The number of nitrogens with zero attached hydrogens (tertiary/aromatic N) is 4. The minimum Gasteiger partial charge on any atom is -0.508 e. The molecule has 2 N–H and O–H groups in total. The number of ether oxygens (including phenoxy) is 1. The lowest BCUT2D eigenvalue weighted by molar-refractivity contribution is -0.384. The smallest absolute Gasteiger partial charge is 0.338 e. The molecule has 1 aliphatic heterocycles. The largest absolute Gasteiger partial charge is 0.508 e. The highest BCUT2D eigenvalue weighted by atomic mass is 32.2. The third-order valence-corrected chi connectivity index (χ3v) is 6.65. The van der Waals surface area contributed by atoms with E-state index >= 15 is 0 Å². The number of nitrogens with one attached hydrogen (secondary N) is 1. The van der Waals surface area contributed by atoms with Gasteiger partial charge in [0.1, 0.15) is 11.0 Å². The molecule has 0 aromatic heterocycles. The Morgan fingerprint density at radius 1 is 1.15 bits per heavy atom. The number of amides is 2. The number of hydrogen-bond donors (Lipinski definition) is 2. The van der Waals surface area contributed by atoms with Gasteiger partial charge < -0.3 is 15.2 Å². The highest BCUT2D eigenvalue weighted by molar-refractivity contribution is 8.16. The van der Waals surface area contributed by atoms with Crippen molar-refractivity contribution in [1.29, 1.82) is 0 Å². The quantitative estimate of drug-likeness (QED) is 0.169. The molecular weight excluding hydrogens is 538 g/mol. The summed E-state index contributed by atoms with van der Waals surface area (Å²) in [6, 6.07) is 17.9. The molecule has 204 valence electrons. The summed E-state index contributed by atoms with van der Waals surface area (Å²) in [5.74, 6) is -1.30. The fraction of sp³-hybridized carbons (Fsp3) is 0.148. The van der Waals surface area contributed by atoms with Gasteiger partial charge in [0.25, 0.3) is 5.69 Å². The van der Waals surface area contributed by atoms with Gasteiger partial charge in [-0.25, -0.2) is 4.79 Å². The second kappa shape index (κ2) is 12.7. The zero-order valence-corrected chi connectivity index (χ0v) is 21.9. The van der Waals surface area contributed by atoms with Crippen LogP contribution in [0.1, 0.15) is 29.3 Å². The van der Waals surface area contributed by atoms with Gasteiger partial charge in [-0.1, -0.05) is 23.9 Å². The van der Waals surface area contributed by atoms with Gasteiger partial charge in [-0.15, -0.1) is 5.10 Å². The van der Waals surface area contributed by atoms with Gasteiger partial charge in [0.05, 0.1) is 29.0 Å². The Bertz CT molecular complexity index is 1490. The Labute approximate surface area is 232 Å². The average molecular weight is 562 g/mol. The van der Waals surface area contributed by atoms with E-state index < -0.39 is 28.0 Å². The van der Waals surface area contributed by atoms with Gasteiger partial charge >= 0.3 is 5.97 Å². The molecule has 0 spiro atoms. The molecule has 40 heavy (non-hydrogen) atoms. The van der Waals surface area contributed by atoms with Crippen LogP contribution in [-0.4, -0.2) is 51.1 Å². The molecule has 1 heterocycles. The number of nitro groups is 1. The molecule has 3 aromatic carbocycles. The molecule has 0 aliphatic carbocycles. The molecule has 1 saturated heterocycles. The number of hydrogen-bond acceptors (Lipinski definition) is 10. The van der Waals surface area contributed by atoms with Crippen LogP contribution in [0, 0.1) is 10.1 Å². The summed E-state index contributed by atoms with van der Waals surface area (Å²) in [5, 5.41) is 30.9. The van der Waals surface area contributed by atoms with Crippen molar-refractivity contribution >= 4 is 58.0 Å². The van der Waals surface area contributed by atoms with Crippen molar-refractivity contribution in [3.05, 3.63) is 94.0 Å². The van der Waals surface area contributed by atoms with Crippen molar-refractivity contribution in [2.24, 2.45) is 10.2 Å². The number of phenolic OH excluding ortho intramolecular Hbond substituents is 1. The van der Waals surface area contributed by atoms with E-state index in [1.165, 1.54) is 65.7 Å². The number of carbonyl (C=O) groups excluding carboxylic acids is 3. The number of amidine groups is 1. The number of esters is 1. The number of non-ortho nitro benzene ring substituents is 1. The van der Waals surface area contributed by atoms with Gasteiger partial charge in [0.15, 0.2) is 5.17 Å². The molecule has 3 aromatic rings. The van der Waals surface area contributed by atoms with Gasteiger partial charge in [-0.3, -0.25) is 24.6 Å². The Morgan fingerprint density at radius 2 is 1.88 bits per heavy atom. The SMILES string of the molecule is CCOC(=O)c1ccc(NC(=O)CC2S/C(=N/N=C/c3cccc([N+](=O)[O-])c3)N(c3ccc(O)cc3)C2=O)cc1. The lowest BCUT2D eigenvalue weighted by Gasteiger charge is -2.16. The molecule has 2 amide bonds. The molecule has 1 fully saturated rings. The first-order chi connectivity index (χ1) is 19.2. The number of benzene rings is 3. The van der Waals surface area contributed by atoms with Crippen LogP contribution in [0.15, 0.2) is 83.0 Å². The molecule has 1 unspecified atom stereocenters. The van der Waals surface area contributed by atoms with Crippen LogP contribution in [0.4, 0.5) is 17.1 Å². The van der Waals surface area contributed by atoms with E-state index in [0.717, 1.165) is 11.8 Å². The number of carbonyl (C=O) groups is 3. The summed E-state index contributed by atoms with van der Waals surface area (Å²) in [7, 11) is 0. The molecule has 0 bridgehead atoms. The third kappa shape index (κ3) is 6.88. The summed E-state index contributed by atoms with van der Waals surface area (Å²) in [6.07, 6.45) is 1.14. The second-order valence-corrected chi connectivity index (χ2v) is 9.50. The lowest BCUT2D eigenvalue weighted by atomic mass is 10.2. The Balaban J connectivity index is 1.50. The van der Waals surface area contributed by atoms with Gasteiger partial charge in [0, 0.05) is 29.8 Å². The molecule has 12 nitrogen and oxygen atoms in total. The Hall–Kier alpha value is -5.04. The summed E-state index contributed by atoms with van der Waals surface area (Å²) in [4.78, 5) is 49.7. The molecule has 0 radical (unpaired) electrons. The van der Waals surface area contributed by atoms with Crippen LogP contribution in [0.3, 0.4) is 0 Å². The molecular formula is C27H23N5O7S. The predicted molar refractivity (Wildman–Crippen MR) is 151 cm³/mol. The summed E-state index contributed by atoms with van der Waals surface area (Å²) in [6.45, 7) is 1.95. The number of nitro benzene ring substituents is 1. The van der Waals surface area contributed by atoms with Gasteiger partial charge in [-0.2, -0.15) is 5.10 Å². The maximum Gasteiger partial charge on any atom is 0.338 e. The maximum absolute atomic E-state index is 13.3. The molecule has 1 aliphatic rings. The van der Waals surface area contributed by atoms with Crippen molar-refractivity contribution < 1.29 is 29.2 Å². The van der Waals surface area contributed by atoms with E-state index in [1.807, 2.05) is 0 Å². The fourth-order valence-corrected chi connectivity index (χ4v) is 4.74. The highest BCUT2D eigenvalue weighted by Gasteiger charge is 2.40. The topological polar surface area (TPSA) is 164 Å². The van der Waals surface area contributed by atoms with Crippen molar-refractivity contribution in [1.82, 2.24) is 0 Å². The minimum absolute atomic E-state index is 0.00938. The number of thioether (sulfide) groups is 1. The summed E-state index contributed by atoms with van der Waals surface area (Å²) in [5.41, 5.74) is 1.54. The van der Waals surface area contributed by atoms with Crippen molar-refractivity contribution in [3.8, 4) is 5.75 Å². The van der Waals surface area contributed by atoms with Gasteiger partial charge in [-0.05, 0) is 55.5 Å². The van der Waals surface area contributed by atoms with Crippen LogP contribution in [0.2, 0.25) is 0 Å².